The van der Waals surface area contributed by atoms with Gasteiger partial charge < -0.3 is 5.32 Å². The van der Waals surface area contributed by atoms with Crippen molar-refractivity contribution in [3.63, 3.8) is 0 Å². The third-order valence-electron chi connectivity index (χ3n) is 2.71. The molecule has 0 heterocycles. The first-order valence-electron chi connectivity index (χ1n) is 6.63. The zero-order chi connectivity index (χ0) is 14.9. The number of amides is 1. The standard InChI is InChI=1S/C17H16FNOS/c18-15-9-6-14(7-10-15)8-11-17(20)19-12-13-21-16-4-2-1-3-5-16/h1-11H,12-13H2,(H,19,20). The predicted molar refractivity (Wildman–Crippen MR) is 85.6 cm³/mol. The van der Waals surface area contributed by atoms with Gasteiger partial charge in [0.1, 0.15) is 5.82 Å². The summed E-state index contributed by atoms with van der Waals surface area (Å²) in [6, 6.07) is 16.0. The molecule has 21 heavy (non-hydrogen) atoms. The second-order valence-electron chi connectivity index (χ2n) is 4.34. The average molecular weight is 301 g/mol. The number of hydrogen-bond donors (Lipinski definition) is 1. The van der Waals surface area contributed by atoms with Crippen LogP contribution in [-0.4, -0.2) is 18.2 Å². The lowest BCUT2D eigenvalue weighted by molar-refractivity contribution is -0.116. The molecule has 2 aromatic carbocycles. The van der Waals surface area contributed by atoms with Crippen molar-refractivity contribution in [3.8, 4) is 0 Å². The molecule has 4 heteroatoms. The third-order valence-corrected chi connectivity index (χ3v) is 3.72. The van der Waals surface area contributed by atoms with Crippen LogP contribution >= 0.6 is 11.8 Å². The number of nitrogens with one attached hydrogen (secondary N) is 1. The van der Waals surface area contributed by atoms with Crippen LogP contribution in [0.5, 0.6) is 0 Å². The highest BCUT2D eigenvalue weighted by Gasteiger charge is 1.96. The summed E-state index contributed by atoms with van der Waals surface area (Å²) >= 11 is 1.70. The zero-order valence-corrected chi connectivity index (χ0v) is 12.3. The van der Waals surface area contributed by atoms with Gasteiger partial charge in [0.25, 0.3) is 0 Å². The second-order valence-corrected chi connectivity index (χ2v) is 5.51. The van der Waals surface area contributed by atoms with Crippen LogP contribution in [0.4, 0.5) is 4.39 Å². The van der Waals surface area contributed by atoms with Gasteiger partial charge in [-0.15, -0.1) is 11.8 Å². The molecule has 2 rings (SSSR count). The number of benzene rings is 2. The molecule has 0 saturated carbocycles. The molecule has 0 saturated heterocycles. The zero-order valence-electron chi connectivity index (χ0n) is 11.5. The van der Waals surface area contributed by atoms with Crippen molar-refractivity contribution in [3.05, 3.63) is 72.1 Å². The molecule has 1 N–H and O–H groups in total. The molecule has 2 aromatic rings. The molecule has 0 aliphatic heterocycles. The van der Waals surface area contributed by atoms with Gasteiger partial charge in [-0.05, 0) is 35.9 Å². The molecule has 0 radical (unpaired) electrons. The molecule has 0 unspecified atom stereocenters. The molecule has 0 aromatic heterocycles. The molecule has 0 spiro atoms. The van der Waals surface area contributed by atoms with Gasteiger partial charge in [-0.25, -0.2) is 4.39 Å². The summed E-state index contributed by atoms with van der Waals surface area (Å²) in [5.74, 6) is 0.391. The Labute approximate surface area is 128 Å². The van der Waals surface area contributed by atoms with Crippen molar-refractivity contribution in [2.75, 3.05) is 12.3 Å². The van der Waals surface area contributed by atoms with E-state index < -0.39 is 0 Å². The Bertz CT molecular complexity index is 596. The highest BCUT2D eigenvalue weighted by molar-refractivity contribution is 7.99. The highest BCUT2D eigenvalue weighted by atomic mass is 32.2. The number of rotatable bonds is 6. The minimum Gasteiger partial charge on any atom is -0.352 e. The summed E-state index contributed by atoms with van der Waals surface area (Å²) in [4.78, 5) is 12.8. The maximum absolute atomic E-state index is 12.7. The first-order chi connectivity index (χ1) is 10.2. The molecular formula is C17H16FNOS. The van der Waals surface area contributed by atoms with E-state index in [9.17, 15) is 9.18 Å². The lowest BCUT2D eigenvalue weighted by Crippen LogP contribution is -2.23. The second kappa shape index (κ2) is 8.27. The lowest BCUT2D eigenvalue weighted by atomic mass is 10.2. The summed E-state index contributed by atoms with van der Waals surface area (Å²) < 4.78 is 12.7. The summed E-state index contributed by atoms with van der Waals surface area (Å²) in [6.07, 6.45) is 3.12. The number of carbonyl (C=O) groups excluding carboxylic acids is 1. The van der Waals surface area contributed by atoms with Gasteiger partial charge in [0, 0.05) is 23.3 Å². The molecule has 0 bridgehead atoms. The van der Waals surface area contributed by atoms with Gasteiger partial charge in [0.05, 0.1) is 0 Å². The van der Waals surface area contributed by atoms with E-state index in [4.69, 9.17) is 0 Å². The molecular weight excluding hydrogens is 285 g/mol. The van der Waals surface area contributed by atoms with Crippen molar-refractivity contribution in [1.82, 2.24) is 5.32 Å². The van der Waals surface area contributed by atoms with Crippen LogP contribution in [0, 0.1) is 5.82 Å². The Balaban J connectivity index is 1.69. The van der Waals surface area contributed by atoms with Crippen LogP contribution in [0.15, 0.2) is 65.6 Å². The van der Waals surface area contributed by atoms with Crippen molar-refractivity contribution in [2.45, 2.75) is 4.90 Å². The lowest BCUT2D eigenvalue weighted by Gasteiger charge is -2.02. The minimum atomic E-state index is -0.283. The molecule has 0 aliphatic rings. The van der Waals surface area contributed by atoms with E-state index in [0.717, 1.165) is 11.3 Å². The van der Waals surface area contributed by atoms with E-state index in [-0.39, 0.29) is 11.7 Å². The Kier molecular flexibility index (Phi) is 6.03. The van der Waals surface area contributed by atoms with Gasteiger partial charge >= 0.3 is 0 Å². The monoisotopic (exact) mass is 301 g/mol. The summed E-state index contributed by atoms with van der Waals surface area (Å²) in [5, 5.41) is 2.81. The Morgan fingerprint density at radius 1 is 1.10 bits per heavy atom. The van der Waals surface area contributed by atoms with Crippen LogP contribution in [0.25, 0.3) is 6.08 Å². The number of halogens is 1. The predicted octanol–water partition coefficient (Wildman–Crippen LogP) is 3.75. The normalized spacial score (nSPS) is 10.7. The van der Waals surface area contributed by atoms with E-state index in [0.29, 0.717) is 6.54 Å². The van der Waals surface area contributed by atoms with Crippen molar-refractivity contribution in [2.24, 2.45) is 0 Å². The fraction of sp³-hybridized carbons (Fsp3) is 0.118. The van der Waals surface area contributed by atoms with Crippen LogP contribution in [0.3, 0.4) is 0 Å². The average Bonchev–Trinajstić information content (AvgIpc) is 2.52. The Hall–Kier alpha value is -2.07. The summed E-state index contributed by atoms with van der Waals surface area (Å²) in [7, 11) is 0. The summed E-state index contributed by atoms with van der Waals surface area (Å²) in [5.41, 5.74) is 0.796. The van der Waals surface area contributed by atoms with Crippen molar-refractivity contribution in [1.29, 1.82) is 0 Å². The molecule has 108 valence electrons. The smallest absolute Gasteiger partial charge is 0.244 e. The van der Waals surface area contributed by atoms with Gasteiger partial charge in [-0.3, -0.25) is 4.79 Å². The van der Waals surface area contributed by atoms with E-state index in [1.165, 1.54) is 23.1 Å². The quantitative estimate of drug-likeness (QED) is 0.500. The molecule has 0 aliphatic carbocycles. The van der Waals surface area contributed by atoms with E-state index in [2.05, 4.69) is 5.32 Å². The highest BCUT2D eigenvalue weighted by Crippen LogP contribution is 2.15. The molecule has 0 fully saturated rings. The maximum Gasteiger partial charge on any atom is 0.244 e. The summed E-state index contributed by atoms with van der Waals surface area (Å²) in [6.45, 7) is 0.603. The number of thioether (sulfide) groups is 1. The van der Waals surface area contributed by atoms with Gasteiger partial charge in [-0.1, -0.05) is 30.3 Å². The first kappa shape index (κ1) is 15.3. The molecule has 2 nitrogen and oxygen atoms in total. The van der Waals surface area contributed by atoms with E-state index in [1.54, 1.807) is 30.0 Å². The van der Waals surface area contributed by atoms with Gasteiger partial charge in [-0.2, -0.15) is 0 Å². The molecule has 0 atom stereocenters. The largest absolute Gasteiger partial charge is 0.352 e. The van der Waals surface area contributed by atoms with Gasteiger partial charge in [0.15, 0.2) is 0 Å². The van der Waals surface area contributed by atoms with Gasteiger partial charge in [0.2, 0.25) is 5.91 Å². The maximum atomic E-state index is 12.7. The Morgan fingerprint density at radius 2 is 1.81 bits per heavy atom. The van der Waals surface area contributed by atoms with Crippen LogP contribution in [0.2, 0.25) is 0 Å². The fourth-order valence-corrected chi connectivity index (χ4v) is 2.45. The number of carbonyl (C=O) groups is 1. The third kappa shape index (κ3) is 5.83. The topological polar surface area (TPSA) is 29.1 Å². The SMILES string of the molecule is O=C(C=Cc1ccc(F)cc1)NCCSc1ccccc1. The number of hydrogen-bond acceptors (Lipinski definition) is 2. The van der Waals surface area contributed by atoms with E-state index >= 15 is 0 Å². The minimum absolute atomic E-state index is 0.145. The first-order valence-corrected chi connectivity index (χ1v) is 7.62. The van der Waals surface area contributed by atoms with Crippen LogP contribution < -0.4 is 5.32 Å². The van der Waals surface area contributed by atoms with Crippen LogP contribution in [0.1, 0.15) is 5.56 Å². The fourth-order valence-electron chi connectivity index (χ4n) is 1.66. The van der Waals surface area contributed by atoms with Crippen molar-refractivity contribution < 1.29 is 9.18 Å². The molecule has 1 amide bonds. The van der Waals surface area contributed by atoms with Crippen LogP contribution in [-0.2, 0) is 4.79 Å². The Morgan fingerprint density at radius 3 is 2.52 bits per heavy atom. The van der Waals surface area contributed by atoms with Crippen molar-refractivity contribution >= 4 is 23.7 Å². The van der Waals surface area contributed by atoms with E-state index in [1.807, 2.05) is 30.3 Å².